The number of methoxy groups -OCH3 is 1. The summed E-state index contributed by atoms with van der Waals surface area (Å²) in [5.74, 6) is 1.82. The fourth-order valence-corrected chi connectivity index (χ4v) is 1.56. The molecule has 0 aromatic heterocycles. The van der Waals surface area contributed by atoms with Crippen molar-refractivity contribution in [2.45, 2.75) is 0 Å². The molecular formula is C11H12O. The first-order chi connectivity index (χ1) is 5.90. The molecule has 2 atom stereocenters. The highest BCUT2D eigenvalue weighted by atomic mass is 16.5. The van der Waals surface area contributed by atoms with Gasteiger partial charge >= 0.3 is 0 Å². The van der Waals surface area contributed by atoms with Crippen molar-refractivity contribution in [1.29, 1.82) is 0 Å². The van der Waals surface area contributed by atoms with Gasteiger partial charge in [0, 0.05) is 5.92 Å². The summed E-state index contributed by atoms with van der Waals surface area (Å²) in [7, 11) is 1.73. The lowest BCUT2D eigenvalue weighted by atomic mass is 9.91. The third kappa shape index (κ3) is 1.22. The van der Waals surface area contributed by atoms with Gasteiger partial charge in [0.1, 0.15) is 5.76 Å². The topological polar surface area (TPSA) is 9.23 Å². The minimum Gasteiger partial charge on any atom is -0.500 e. The monoisotopic (exact) mass is 160 g/mol. The van der Waals surface area contributed by atoms with Gasteiger partial charge in [-0.05, 0) is 6.08 Å². The minimum absolute atomic E-state index is 0.344. The zero-order valence-corrected chi connectivity index (χ0v) is 7.10. The van der Waals surface area contributed by atoms with Crippen molar-refractivity contribution < 1.29 is 4.74 Å². The molecule has 2 unspecified atom stereocenters. The average Bonchev–Trinajstić information content (AvgIpc) is 2.05. The van der Waals surface area contributed by atoms with E-state index < -0.39 is 0 Å². The van der Waals surface area contributed by atoms with Crippen molar-refractivity contribution in [2.24, 2.45) is 11.8 Å². The summed E-state index contributed by atoms with van der Waals surface area (Å²) in [6.45, 7) is 0. The third-order valence-corrected chi connectivity index (χ3v) is 2.22. The van der Waals surface area contributed by atoms with Crippen LogP contribution in [-0.2, 0) is 4.74 Å². The number of hydrogen-bond acceptors (Lipinski definition) is 1. The number of ether oxygens (including phenoxy) is 1. The van der Waals surface area contributed by atoms with Crippen molar-refractivity contribution in [1.82, 2.24) is 0 Å². The molecule has 0 amide bonds. The van der Waals surface area contributed by atoms with Gasteiger partial charge in [-0.3, -0.25) is 0 Å². The van der Waals surface area contributed by atoms with E-state index in [0.29, 0.717) is 11.8 Å². The summed E-state index contributed by atoms with van der Waals surface area (Å²) < 4.78 is 5.29. The molecule has 0 heterocycles. The van der Waals surface area contributed by atoms with E-state index >= 15 is 0 Å². The van der Waals surface area contributed by atoms with E-state index in [1.54, 1.807) is 7.11 Å². The maximum Gasteiger partial charge on any atom is 0.103 e. The number of allylic oxidation sites excluding steroid dienone is 6. The molecule has 12 heavy (non-hydrogen) atoms. The number of rotatable bonds is 1. The van der Waals surface area contributed by atoms with Gasteiger partial charge in [-0.25, -0.2) is 0 Å². The Kier molecular flexibility index (Phi) is 1.86. The van der Waals surface area contributed by atoms with Crippen LogP contribution in [0.3, 0.4) is 0 Å². The molecule has 0 saturated carbocycles. The van der Waals surface area contributed by atoms with Crippen molar-refractivity contribution >= 4 is 0 Å². The normalized spacial score (nSPS) is 36.6. The van der Waals surface area contributed by atoms with Gasteiger partial charge in [0.2, 0.25) is 0 Å². The smallest absolute Gasteiger partial charge is 0.103 e. The summed E-state index contributed by atoms with van der Waals surface area (Å²) in [6.07, 6.45) is 15.0. The second-order valence-corrected chi connectivity index (χ2v) is 3.03. The maximum atomic E-state index is 5.29. The van der Waals surface area contributed by atoms with Crippen LogP contribution in [0.15, 0.2) is 48.3 Å². The predicted octanol–water partition coefficient (Wildman–Crippen LogP) is 2.44. The molecule has 0 aromatic carbocycles. The minimum atomic E-state index is 0.344. The summed E-state index contributed by atoms with van der Waals surface area (Å²) in [5.41, 5.74) is 0. The Balaban J connectivity index is 2.37. The molecule has 0 N–H and O–H groups in total. The standard InChI is InChI=1S/C11H12O/c1-12-11-8-9-4-2-3-5-10(11)7-6-9/h2-10H,1H3/b4-2+,5-3-. The van der Waals surface area contributed by atoms with Crippen molar-refractivity contribution in [3.8, 4) is 0 Å². The lowest BCUT2D eigenvalue weighted by Gasteiger charge is -2.20. The SMILES string of the molecule is COC1=CC2C=CC1/C=C\C=C\2. The van der Waals surface area contributed by atoms with Crippen LogP contribution in [0.2, 0.25) is 0 Å². The maximum absolute atomic E-state index is 5.29. The Morgan fingerprint density at radius 2 is 1.92 bits per heavy atom. The molecule has 3 aliphatic rings. The second-order valence-electron chi connectivity index (χ2n) is 3.03. The zero-order chi connectivity index (χ0) is 8.39. The van der Waals surface area contributed by atoms with Gasteiger partial charge in [-0.15, -0.1) is 0 Å². The fraction of sp³-hybridized carbons (Fsp3) is 0.273. The van der Waals surface area contributed by atoms with Gasteiger partial charge in [0.25, 0.3) is 0 Å². The van der Waals surface area contributed by atoms with Gasteiger partial charge in [-0.1, -0.05) is 36.5 Å². The van der Waals surface area contributed by atoms with Crippen molar-refractivity contribution in [2.75, 3.05) is 7.11 Å². The van der Waals surface area contributed by atoms with E-state index in [2.05, 4.69) is 42.5 Å². The van der Waals surface area contributed by atoms with Crippen molar-refractivity contribution in [3.05, 3.63) is 48.3 Å². The lowest BCUT2D eigenvalue weighted by molar-refractivity contribution is 0.264. The summed E-state index contributed by atoms with van der Waals surface area (Å²) in [5, 5.41) is 0. The Labute approximate surface area is 72.7 Å². The highest BCUT2D eigenvalue weighted by Crippen LogP contribution is 2.26. The van der Waals surface area contributed by atoms with E-state index in [0.717, 1.165) is 5.76 Å². The van der Waals surface area contributed by atoms with E-state index in [9.17, 15) is 0 Å². The molecule has 3 aliphatic carbocycles. The molecule has 2 bridgehead atoms. The molecule has 62 valence electrons. The van der Waals surface area contributed by atoms with Crippen LogP contribution in [0.25, 0.3) is 0 Å². The molecule has 1 heteroatoms. The third-order valence-electron chi connectivity index (χ3n) is 2.22. The van der Waals surface area contributed by atoms with Crippen LogP contribution in [0.1, 0.15) is 0 Å². The first-order valence-corrected chi connectivity index (χ1v) is 4.19. The molecule has 0 aliphatic heterocycles. The van der Waals surface area contributed by atoms with E-state index in [-0.39, 0.29) is 0 Å². The predicted molar refractivity (Wildman–Crippen MR) is 49.5 cm³/mol. The molecule has 0 radical (unpaired) electrons. The number of hydrogen-bond donors (Lipinski definition) is 0. The molecular weight excluding hydrogens is 148 g/mol. The molecule has 1 nitrogen and oxygen atoms in total. The van der Waals surface area contributed by atoms with Crippen LogP contribution in [0, 0.1) is 11.8 Å². The quantitative estimate of drug-likeness (QED) is 0.535. The Morgan fingerprint density at radius 1 is 1.08 bits per heavy atom. The Hall–Kier alpha value is -1.24. The van der Waals surface area contributed by atoms with Crippen LogP contribution in [-0.4, -0.2) is 7.11 Å². The van der Waals surface area contributed by atoms with Gasteiger partial charge in [0.05, 0.1) is 13.0 Å². The van der Waals surface area contributed by atoms with E-state index in [4.69, 9.17) is 4.74 Å². The molecule has 0 saturated heterocycles. The molecule has 0 aromatic rings. The highest BCUT2D eigenvalue weighted by molar-refractivity contribution is 5.31. The van der Waals surface area contributed by atoms with Crippen LogP contribution >= 0.6 is 0 Å². The second kappa shape index (κ2) is 3.02. The lowest BCUT2D eigenvalue weighted by Crippen LogP contribution is -2.08. The van der Waals surface area contributed by atoms with Crippen LogP contribution < -0.4 is 0 Å². The summed E-state index contributed by atoms with van der Waals surface area (Å²) in [4.78, 5) is 0. The summed E-state index contributed by atoms with van der Waals surface area (Å²) >= 11 is 0. The molecule has 0 fully saturated rings. The highest BCUT2D eigenvalue weighted by Gasteiger charge is 2.15. The van der Waals surface area contributed by atoms with Crippen molar-refractivity contribution in [3.63, 3.8) is 0 Å². The van der Waals surface area contributed by atoms with Gasteiger partial charge in [0.15, 0.2) is 0 Å². The largest absolute Gasteiger partial charge is 0.500 e. The van der Waals surface area contributed by atoms with Gasteiger partial charge < -0.3 is 4.74 Å². The Morgan fingerprint density at radius 3 is 2.75 bits per heavy atom. The fourth-order valence-electron chi connectivity index (χ4n) is 1.56. The number of fused-ring (bicyclic) bond motifs is 1. The van der Waals surface area contributed by atoms with E-state index in [1.165, 1.54) is 0 Å². The van der Waals surface area contributed by atoms with E-state index in [1.807, 2.05) is 0 Å². The molecule has 0 spiro atoms. The van der Waals surface area contributed by atoms with Crippen LogP contribution in [0.5, 0.6) is 0 Å². The summed E-state index contributed by atoms with van der Waals surface area (Å²) in [6, 6.07) is 0. The average molecular weight is 160 g/mol. The first-order valence-electron chi connectivity index (χ1n) is 4.19. The van der Waals surface area contributed by atoms with Crippen LogP contribution in [0.4, 0.5) is 0 Å². The Bertz CT molecular complexity index is 281. The zero-order valence-electron chi connectivity index (χ0n) is 7.10. The first kappa shape index (κ1) is 7.41. The van der Waals surface area contributed by atoms with Gasteiger partial charge in [-0.2, -0.15) is 0 Å². The molecule has 3 rings (SSSR count).